The number of nitrogens with zero attached hydrogens (tertiary/aromatic N) is 1. The van der Waals surface area contributed by atoms with E-state index in [1.165, 1.54) is 41.2 Å². The molecule has 12 heteroatoms. The van der Waals surface area contributed by atoms with Crippen LogP contribution in [-0.4, -0.2) is 59.6 Å². The third-order valence-corrected chi connectivity index (χ3v) is 7.76. The molecule has 1 aromatic heterocycles. The first-order chi connectivity index (χ1) is 20.5. The summed E-state index contributed by atoms with van der Waals surface area (Å²) in [5.74, 6) is -4.38. The molecule has 4 aromatic rings. The van der Waals surface area contributed by atoms with Gasteiger partial charge in [0.2, 0.25) is 5.91 Å². The number of carbonyl (C=O) groups excluding carboxylic acids is 4. The minimum absolute atomic E-state index is 0.0178. The van der Waals surface area contributed by atoms with E-state index in [1.54, 1.807) is 18.2 Å². The number of Topliss-reactive ketones (excluding diaryl/α,β-unsaturated/α-hetero) is 2. The number of carboxylic acid groups (broad SMARTS) is 1. The molecule has 1 atom stereocenters. The molecule has 0 fully saturated rings. The van der Waals surface area contributed by atoms with Gasteiger partial charge in [0.25, 0.3) is 10.0 Å². The maximum atomic E-state index is 12.8. The highest BCUT2D eigenvalue weighted by Gasteiger charge is 2.26. The van der Waals surface area contributed by atoms with Gasteiger partial charge in [0, 0.05) is 26.0 Å². The maximum Gasteiger partial charge on any atom is 0.305 e. The molecule has 0 spiro atoms. The number of ketones is 2. The standard InChI is InChI=1S/C21H22N2O9S.C10H8/c1-14(24)32-13-19(26)16(12-21(28)29)22-20(27)10-9-18(25)17-8-5-11-23(17)33(30,31)15-6-3-2-4-7-15;1-2-6-10-8-4-3-7-9(10)5-1/h2-8,11,16H,9-10,12-13H2,1H3,(H,22,27)(H,28,29);1-8H. The van der Waals surface area contributed by atoms with Crippen molar-refractivity contribution in [3.63, 3.8) is 0 Å². The Morgan fingerprint density at radius 1 is 0.814 bits per heavy atom. The molecule has 1 amide bonds. The third-order valence-electron chi connectivity index (χ3n) is 6.06. The second-order valence-corrected chi connectivity index (χ2v) is 11.1. The minimum Gasteiger partial charge on any atom is -0.481 e. The number of carbonyl (C=O) groups is 5. The average Bonchev–Trinajstić information content (AvgIpc) is 3.50. The van der Waals surface area contributed by atoms with E-state index in [0.29, 0.717) is 0 Å². The first-order valence-corrected chi connectivity index (χ1v) is 14.5. The number of esters is 1. The van der Waals surface area contributed by atoms with Gasteiger partial charge in [-0.2, -0.15) is 0 Å². The Hall–Kier alpha value is -5.10. The zero-order chi connectivity index (χ0) is 31.4. The molecule has 3 aromatic carbocycles. The van der Waals surface area contributed by atoms with Gasteiger partial charge in [0.15, 0.2) is 18.2 Å². The highest BCUT2D eigenvalue weighted by atomic mass is 32.2. The number of aliphatic carboxylic acids is 1. The van der Waals surface area contributed by atoms with E-state index in [-0.39, 0.29) is 10.6 Å². The molecule has 43 heavy (non-hydrogen) atoms. The summed E-state index contributed by atoms with van der Waals surface area (Å²) in [6, 6.07) is 25.4. The van der Waals surface area contributed by atoms with Gasteiger partial charge in [-0.25, -0.2) is 12.4 Å². The summed E-state index contributed by atoms with van der Waals surface area (Å²) in [7, 11) is -4.02. The van der Waals surface area contributed by atoms with Crippen LogP contribution in [0.5, 0.6) is 0 Å². The van der Waals surface area contributed by atoms with E-state index in [4.69, 9.17) is 5.11 Å². The first kappa shape index (κ1) is 32.4. The van der Waals surface area contributed by atoms with Gasteiger partial charge in [-0.05, 0) is 35.0 Å². The van der Waals surface area contributed by atoms with E-state index in [0.717, 1.165) is 10.9 Å². The van der Waals surface area contributed by atoms with Crippen molar-refractivity contribution in [2.24, 2.45) is 0 Å². The monoisotopic (exact) mass is 606 g/mol. The van der Waals surface area contributed by atoms with Crippen molar-refractivity contribution in [3.05, 3.63) is 103 Å². The van der Waals surface area contributed by atoms with Crippen LogP contribution < -0.4 is 5.32 Å². The van der Waals surface area contributed by atoms with Crippen molar-refractivity contribution < 1.29 is 42.2 Å². The molecular weight excluding hydrogens is 576 g/mol. The van der Waals surface area contributed by atoms with Crippen molar-refractivity contribution in [1.82, 2.24) is 9.29 Å². The summed E-state index contributed by atoms with van der Waals surface area (Å²) in [6.07, 6.45) is -0.339. The zero-order valence-corrected chi connectivity index (χ0v) is 24.0. The number of amides is 1. The van der Waals surface area contributed by atoms with Crippen LogP contribution in [0, 0.1) is 0 Å². The first-order valence-electron chi connectivity index (χ1n) is 13.1. The lowest BCUT2D eigenvalue weighted by Gasteiger charge is -2.15. The minimum atomic E-state index is -4.02. The van der Waals surface area contributed by atoms with Gasteiger partial charge < -0.3 is 15.2 Å². The number of nitrogens with one attached hydrogen (secondary N) is 1. The summed E-state index contributed by atoms with van der Waals surface area (Å²) in [5, 5.41) is 13.8. The lowest BCUT2D eigenvalue weighted by molar-refractivity contribution is -0.147. The smallest absolute Gasteiger partial charge is 0.305 e. The Balaban J connectivity index is 0.000000420. The summed E-state index contributed by atoms with van der Waals surface area (Å²) in [6.45, 7) is 0.356. The number of aromatic nitrogens is 1. The fraction of sp³-hybridized carbons (Fsp3) is 0.194. The number of benzene rings is 3. The Labute approximate surface area is 248 Å². The van der Waals surface area contributed by atoms with Gasteiger partial charge >= 0.3 is 11.9 Å². The molecule has 0 radical (unpaired) electrons. The van der Waals surface area contributed by atoms with Gasteiger partial charge in [0.1, 0.15) is 6.04 Å². The normalized spacial score (nSPS) is 11.5. The Kier molecular flexibility index (Phi) is 11.5. The number of ether oxygens (including phenoxy) is 1. The molecule has 1 unspecified atom stereocenters. The van der Waals surface area contributed by atoms with E-state index in [1.807, 2.05) is 0 Å². The highest BCUT2D eigenvalue weighted by Crippen LogP contribution is 2.18. The molecule has 0 aliphatic heterocycles. The summed E-state index contributed by atoms with van der Waals surface area (Å²) >= 11 is 0. The van der Waals surface area contributed by atoms with Crippen LogP contribution in [0.2, 0.25) is 0 Å². The number of hydrogen-bond donors (Lipinski definition) is 2. The van der Waals surface area contributed by atoms with Gasteiger partial charge in [-0.15, -0.1) is 0 Å². The Morgan fingerprint density at radius 3 is 1.91 bits per heavy atom. The van der Waals surface area contributed by atoms with Gasteiger partial charge in [0.05, 0.1) is 17.0 Å². The van der Waals surface area contributed by atoms with E-state index in [9.17, 15) is 32.4 Å². The molecule has 2 N–H and O–H groups in total. The summed E-state index contributed by atoms with van der Waals surface area (Å²) < 4.78 is 30.9. The van der Waals surface area contributed by atoms with Crippen LogP contribution in [0.1, 0.15) is 36.7 Å². The Bertz CT molecular complexity index is 1650. The molecule has 4 rings (SSSR count). The SMILES string of the molecule is CC(=O)OCC(=O)C(CC(=O)O)NC(=O)CCC(=O)c1cccn1S(=O)(=O)c1ccccc1.c1ccc2ccccc2c1. The molecule has 11 nitrogen and oxygen atoms in total. The largest absolute Gasteiger partial charge is 0.481 e. The second kappa shape index (κ2) is 15.2. The fourth-order valence-corrected chi connectivity index (χ4v) is 5.33. The van der Waals surface area contributed by atoms with Crippen molar-refractivity contribution in [2.45, 2.75) is 37.1 Å². The van der Waals surface area contributed by atoms with Gasteiger partial charge in [-0.3, -0.25) is 24.0 Å². The van der Waals surface area contributed by atoms with Crippen molar-refractivity contribution in [2.75, 3.05) is 6.61 Å². The second-order valence-electron chi connectivity index (χ2n) is 9.24. The van der Waals surface area contributed by atoms with Crippen LogP contribution in [0.4, 0.5) is 0 Å². The molecule has 224 valence electrons. The Morgan fingerprint density at radius 2 is 1.37 bits per heavy atom. The van der Waals surface area contributed by atoms with Crippen LogP contribution in [0.25, 0.3) is 10.8 Å². The summed E-state index contributed by atoms with van der Waals surface area (Å²) in [5.41, 5.74) is -0.153. The lowest BCUT2D eigenvalue weighted by Crippen LogP contribution is -2.44. The van der Waals surface area contributed by atoms with E-state index < -0.39 is 71.3 Å². The topological polar surface area (TPSA) is 166 Å². The van der Waals surface area contributed by atoms with Crippen molar-refractivity contribution >= 4 is 50.2 Å². The molecule has 0 bridgehead atoms. The van der Waals surface area contributed by atoms with Gasteiger partial charge in [-0.1, -0.05) is 66.7 Å². The number of rotatable bonds is 12. The predicted molar refractivity (Wildman–Crippen MR) is 157 cm³/mol. The number of fused-ring (bicyclic) bond motifs is 1. The quantitative estimate of drug-likeness (QED) is 0.181. The summed E-state index contributed by atoms with van der Waals surface area (Å²) in [4.78, 5) is 58.6. The number of hydrogen-bond acceptors (Lipinski definition) is 8. The molecule has 1 heterocycles. The average molecular weight is 607 g/mol. The molecule has 0 aliphatic carbocycles. The molecule has 0 aliphatic rings. The van der Waals surface area contributed by atoms with E-state index >= 15 is 0 Å². The highest BCUT2D eigenvalue weighted by molar-refractivity contribution is 7.90. The van der Waals surface area contributed by atoms with Crippen LogP contribution in [0.3, 0.4) is 0 Å². The zero-order valence-electron chi connectivity index (χ0n) is 23.2. The molecule has 0 saturated carbocycles. The molecule has 0 saturated heterocycles. The van der Waals surface area contributed by atoms with Crippen LogP contribution in [0.15, 0.2) is 102 Å². The predicted octanol–water partition coefficient (Wildman–Crippen LogP) is 3.62. The third kappa shape index (κ3) is 9.47. The van der Waals surface area contributed by atoms with Crippen LogP contribution >= 0.6 is 0 Å². The van der Waals surface area contributed by atoms with E-state index in [2.05, 4.69) is 58.6 Å². The lowest BCUT2D eigenvalue weighted by atomic mass is 10.1. The fourth-order valence-electron chi connectivity index (χ4n) is 3.95. The maximum absolute atomic E-state index is 12.8. The number of carboxylic acids is 1. The van der Waals surface area contributed by atoms with Crippen molar-refractivity contribution in [1.29, 1.82) is 0 Å². The van der Waals surface area contributed by atoms with Crippen LogP contribution in [-0.2, 0) is 33.9 Å². The molecular formula is C31H30N2O9S. The van der Waals surface area contributed by atoms with Crippen molar-refractivity contribution in [3.8, 4) is 0 Å².